The Bertz CT molecular complexity index is 838. The van der Waals surface area contributed by atoms with Gasteiger partial charge in [-0.25, -0.2) is 9.59 Å². The highest BCUT2D eigenvalue weighted by molar-refractivity contribution is 6.02. The lowest BCUT2D eigenvalue weighted by Crippen LogP contribution is -2.20. The summed E-state index contributed by atoms with van der Waals surface area (Å²) in [6.07, 6.45) is 1.61. The van der Waals surface area contributed by atoms with Crippen molar-refractivity contribution in [2.45, 2.75) is 33.7 Å². The van der Waals surface area contributed by atoms with Crippen LogP contribution in [0.4, 0.5) is 5.69 Å². The van der Waals surface area contributed by atoms with E-state index in [0.717, 1.165) is 0 Å². The molecule has 0 saturated heterocycles. The molecule has 0 fully saturated rings. The van der Waals surface area contributed by atoms with Gasteiger partial charge in [-0.3, -0.25) is 4.79 Å². The van der Waals surface area contributed by atoms with Gasteiger partial charge in [0.2, 0.25) is 5.91 Å². The van der Waals surface area contributed by atoms with Crippen molar-refractivity contribution in [2.75, 3.05) is 11.9 Å². The van der Waals surface area contributed by atoms with Gasteiger partial charge in [0.1, 0.15) is 0 Å². The normalized spacial score (nSPS) is 10.4. The number of esters is 1. The molecule has 7 nitrogen and oxygen atoms in total. The summed E-state index contributed by atoms with van der Waals surface area (Å²) in [6, 6.07) is 6.54. The maximum atomic E-state index is 12.5. The number of aromatic nitrogens is 1. The van der Waals surface area contributed by atoms with Crippen LogP contribution in [0.3, 0.4) is 0 Å². The van der Waals surface area contributed by atoms with Crippen LogP contribution in [0.1, 0.15) is 45.8 Å². The Kier molecular flexibility index (Phi) is 6.16. The Hall–Kier alpha value is -3.09. The largest absolute Gasteiger partial charge is 0.478 e. The number of benzene rings is 1. The Morgan fingerprint density at radius 3 is 2.50 bits per heavy atom. The van der Waals surface area contributed by atoms with Crippen molar-refractivity contribution in [3.05, 3.63) is 52.8 Å². The average Bonchev–Trinajstić information content (AvgIpc) is 2.90. The number of carboxylic acids is 1. The number of anilines is 1. The predicted octanol–water partition coefficient (Wildman–Crippen LogP) is 2.87. The van der Waals surface area contributed by atoms with Gasteiger partial charge in [0.25, 0.3) is 0 Å². The zero-order valence-electron chi connectivity index (χ0n) is 15.0. The number of nitrogens with one attached hydrogen (secondary N) is 1. The Balaban J connectivity index is 2.26. The molecule has 2 aromatic rings. The van der Waals surface area contributed by atoms with Crippen LogP contribution in [0.5, 0.6) is 0 Å². The maximum absolute atomic E-state index is 12.5. The number of amides is 1. The van der Waals surface area contributed by atoms with Gasteiger partial charge in [0.15, 0.2) is 0 Å². The molecule has 0 aliphatic carbocycles. The highest BCUT2D eigenvalue weighted by Gasteiger charge is 2.22. The van der Waals surface area contributed by atoms with E-state index in [1.165, 1.54) is 0 Å². The lowest BCUT2D eigenvalue weighted by Gasteiger charge is -2.12. The van der Waals surface area contributed by atoms with Gasteiger partial charge in [-0.1, -0.05) is 12.1 Å². The molecule has 26 heavy (non-hydrogen) atoms. The Morgan fingerprint density at radius 1 is 1.19 bits per heavy atom. The predicted molar refractivity (Wildman–Crippen MR) is 96.5 cm³/mol. The molecule has 0 aliphatic heterocycles. The number of hydrogen-bond donors (Lipinski definition) is 2. The molecule has 0 atom stereocenters. The molecule has 0 aliphatic rings. The molecular weight excluding hydrogens is 336 g/mol. The minimum Gasteiger partial charge on any atom is -0.478 e. The van der Waals surface area contributed by atoms with E-state index < -0.39 is 17.8 Å². The van der Waals surface area contributed by atoms with Crippen molar-refractivity contribution >= 4 is 23.5 Å². The third-order valence-electron chi connectivity index (χ3n) is 3.96. The summed E-state index contributed by atoms with van der Waals surface area (Å²) in [5.74, 6) is -2.00. The van der Waals surface area contributed by atoms with Crippen LogP contribution in [0, 0.1) is 6.92 Å². The first-order valence-corrected chi connectivity index (χ1v) is 8.36. The number of para-hydroxylation sites is 1. The summed E-state index contributed by atoms with van der Waals surface area (Å²) >= 11 is 0. The van der Waals surface area contributed by atoms with Crippen molar-refractivity contribution in [3.8, 4) is 0 Å². The SMILES string of the molecule is CCOC(=O)c1ccccc1NC(=O)Cc1c(C(=O)O)c(C)cn1CC. The van der Waals surface area contributed by atoms with Gasteiger partial charge >= 0.3 is 11.9 Å². The van der Waals surface area contributed by atoms with Gasteiger partial charge in [-0.15, -0.1) is 0 Å². The van der Waals surface area contributed by atoms with E-state index in [0.29, 0.717) is 23.5 Å². The van der Waals surface area contributed by atoms with E-state index in [2.05, 4.69) is 5.32 Å². The molecule has 1 amide bonds. The maximum Gasteiger partial charge on any atom is 0.340 e. The van der Waals surface area contributed by atoms with Gasteiger partial charge in [0, 0.05) is 18.4 Å². The van der Waals surface area contributed by atoms with Gasteiger partial charge in [0.05, 0.1) is 29.8 Å². The zero-order chi connectivity index (χ0) is 19.3. The third-order valence-corrected chi connectivity index (χ3v) is 3.96. The zero-order valence-corrected chi connectivity index (χ0v) is 15.0. The summed E-state index contributed by atoms with van der Waals surface area (Å²) < 4.78 is 6.73. The summed E-state index contributed by atoms with van der Waals surface area (Å²) in [4.78, 5) is 36.0. The first-order chi connectivity index (χ1) is 12.4. The molecule has 0 bridgehead atoms. The van der Waals surface area contributed by atoms with Crippen LogP contribution in [-0.2, 0) is 22.5 Å². The van der Waals surface area contributed by atoms with E-state index >= 15 is 0 Å². The standard InChI is InChI=1S/C19H22N2O5/c1-4-21-11-12(3)17(18(23)24)15(21)10-16(22)20-14-9-7-6-8-13(14)19(25)26-5-2/h6-9,11H,4-5,10H2,1-3H3,(H,20,22)(H,23,24). The second-order valence-corrected chi connectivity index (χ2v) is 5.72. The molecule has 0 spiro atoms. The molecule has 1 heterocycles. The highest BCUT2D eigenvalue weighted by atomic mass is 16.5. The van der Waals surface area contributed by atoms with Crippen LogP contribution >= 0.6 is 0 Å². The number of hydrogen-bond acceptors (Lipinski definition) is 4. The van der Waals surface area contributed by atoms with Gasteiger partial charge in [-0.2, -0.15) is 0 Å². The number of nitrogens with zero attached hydrogens (tertiary/aromatic N) is 1. The fraction of sp³-hybridized carbons (Fsp3) is 0.316. The molecule has 0 saturated carbocycles. The minimum atomic E-state index is -1.07. The van der Waals surface area contributed by atoms with E-state index in [1.54, 1.807) is 48.9 Å². The van der Waals surface area contributed by atoms with Crippen molar-refractivity contribution in [2.24, 2.45) is 0 Å². The first kappa shape index (κ1) is 19.2. The molecule has 2 N–H and O–H groups in total. The van der Waals surface area contributed by atoms with E-state index in [1.807, 2.05) is 6.92 Å². The monoisotopic (exact) mass is 358 g/mol. The molecule has 2 rings (SSSR count). The molecular formula is C19H22N2O5. The second kappa shape index (κ2) is 8.33. The third kappa shape index (κ3) is 4.11. The van der Waals surface area contributed by atoms with Crippen LogP contribution < -0.4 is 5.32 Å². The summed E-state index contributed by atoms with van der Waals surface area (Å²) in [5, 5.41) is 12.1. The van der Waals surface area contributed by atoms with Crippen molar-refractivity contribution in [3.63, 3.8) is 0 Å². The lowest BCUT2D eigenvalue weighted by atomic mass is 10.1. The molecule has 7 heteroatoms. The quantitative estimate of drug-likeness (QED) is 0.742. The van der Waals surface area contributed by atoms with E-state index in [-0.39, 0.29) is 24.2 Å². The summed E-state index contributed by atoms with van der Waals surface area (Å²) in [5.41, 5.74) is 1.76. The minimum absolute atomic E-state index is 0.111. The smallest absolute Gasteiger partial charge is 0.340 e. The molecule has 1 aromatic carbocycles. The van der Waals surface area contributed by atoms with Gasteiger partial charge < -0.3 is 19.7 Å². The average molecular weight is 358 g/mol. The number of carbonyl (C=O) groups is 3. The number of carboxylic acid groups (broad SMARTS) is 1. The lowest BCUT2D eigenvalue weighted by molar-refractivity contribution is -0.115. The van der Waals surface area contributed by atoms with Crippen LogP contribution in [0.2, 0.25) is 0 Å². The molecule has 1 aromatic heterocycles. The first-order valence-electron chi connectivity index (χ1n) is 8.36. The number of aromatic carboxylic acids is 1. The fourth-order valence-corrected chi connectivity index (χ4v) is 2.84. The van der Waals surface area contributed by atoms with Crippen molar-refractivity contribution in [1.82, 2.24) is 4.57 Å². The summed E-state index contributed by atoms with van der Waals surface area (Å²) in [6.45, 7) is 6.06. The van der Waals surface area contributed by atoms with Crippen LogP contribution in [0.15, 0.2) is 30.5 Å². The fourth-order valence-electron chi connectivity index (χ4n) is 2.84. The Labute approximate surface area is 151 Å². The van der Waals surface area contributed by atoms with Crippen molar-refractivity contribution < 1.29 is 24.2 Å². The molecule has 138 valence electrons. The molecule has 0 unspecified atom stereocenters. The van der Waals surface area contributed by atoms with Crippen LogP contribution in [-0.4, -0.2) is 34.1 Å². The van der Waals surface area contributed by atoms with Crippen LogP contribution in [0.25, 0.3) is 0 Å². The van der Waals surface area contributed by atoms with E-state index in [4.69, 9.17) is 4.74 Å². The topological polar surface area (TPSA) is 97.6 Å². The van der Waals surface area contributed by atoms with Crippen molar-refractivity contribution in [1.29, 1.82) is 0 Å². The highest BCUT2D eigenvalue weighted by Crippen LogP contribution is 2.20. The molecule has 0 radical (unpaired) electrons. The number of carbonyl (C=O) groups excluding carboxylic acids is 2. The second-order valence-electron chi connectivity index (χ2n) is 5.72. The number of aryl methyl sites for hydroxylation is 2. The van der Waals surface area contributed by atoms with E-state index in [9.17, 15) is 19.5 Å². The Morgan fingerprint density at radius 2 is 1.88 bits per heavy atom. The number of rotatable bonds is 7. The summed E-state index contributed by atoms with van der Waals surface area (Å²) in [7, 11) is 0. The van der Waals surface area contributed by atoms with Gasteiger partial charge in [-0.05, 0) is 38.5 Å². The number of ether oxygens (including phenoxy) is 1.